The van der Waals surface area contributed by atoms with Crippen LogP contribution in [0.4, 0.5) is 4.79 Å². The molecule has 0 aliphatic heterocycles. The number of methoxy groups -OCH3 is 1. The first kappa shape index (κ1) is 19.2. The average molecular weight is 372 g/mol. The molecule has 3 rings (SSSR count). The van der Waals surface area contributed by atoms with Crippen LogP contribution in [0.5, 0.6) is 5.75 Å². The first-order chi connectivity index (χ1) is 13.0. The summed E-state index contributed by atoms with van der Waals surface area (Å²) in [5.41, 5.74) is 0.947. The molecule has 1 unspecified atom stereocenters. The number of hydrogen-bond acceptors (Lipinski definition) is 4. The summed E-state index contributed by atoms with van der Waals surface area (Å²) in [6.45, 7) is 2.19. The summed E-state index contributed by atoms with van der Waals surface area (Å²) in [4.78, 5) is 12.2. The second-order valence-corrected chi connectivity index (χ2v) is 7.22. The Morgan fingerprint density at radius 1 is 1.33 bits per heavy atom. The number of hydrogen-bond donors (Lipinski definition) is 3. The quantitative estimate of drug-likeness (QED) is 0.727. The van der Waals surface area contributed by atoms with Gasteiger partial charge in [-0.1, -0.05) is 31.4 Å². The number of benzene rings is 1. The fraction of sp³-hybridized carbons (Fsp3) is 0.500. The van der Waals surface area contributed by atoms with E-state index in [9.17, 15) is 9.90 Å². The molecule has 146 valence electrons. The number of para-hydroxylation sites is 2. The number of aliphatic hydroxyl groups is 1. The zero-order valence-corrected chi connectivity index (χ0v) is 15.9. The van der Waals surface area contributed by atoms with Gasteiger partial charge in [0, 0.05) is 18.3 Å². The molecule has 1 heterocycles. The lowest BCUT2D eigenvalue weighted by Gasteiger charge is -2.32. The topological polar surface area (TPSA) is 88.4 Å². The number of amides is 2. The van der Waals surface area contributed by atoms with Gasteiger partial charge in [0.1, 0.15) is 11.4 Å². The van der Waals surface area contributed by atoms with Crippen LogP contribution >= 0.6 is 0 Å². The van der Waals surface area contributed by atoms with Gasteiger partial charge in [-0.25, -0.2) is 9.48 Å². The molecule has 2 aromatic rings. The zero-order valence-electron chi connectivity index (χ0n) is 15.9. The third-order valence-electron chi connectivity index (χ3n) is 5.14. The maximum Gasteiger partial charge on any atom is 0.315 e. The minimum atomic E-state index is -0.770. The molecule has 1 saturated carbocycles. The number of carbonyl (C=O) groups excluding carboxylic acids is 1. The number of urea groups is 1. The highest BCUT2D eigenvalue weighted by atomic mass is 16.5. The Morgan fingerprint density at radius 3 is 2.81 bits per heavy atom. The first-order valence-electron chi connectivity index (χ1n) is 9.45. The minimum Gasteiger partial charge on any atom is -0.494 e. The summed E-state index contributed by atoms with van der Waals surface area (Å²) >= 11 is 0. The van der Waals surface area contributed by atoms with Crippen molar-refractivity contribution in [1.82, 2.24) is 20.4 Å². The molecule has 0 radical (unpaired) electrons. The van der Waals surface area contributed by atoms with Crippen molar-refractivity contribution in [2.24, 2.45) is 0 Å². The highest BCUT2D eigenvalue weighted by Crippen LogP contribution is 2.27. The molecule has 0 saturated heterocycles. The Kier molecular flexibility index (Phi) is 6.01. The van der Waals surface area contributed by atoms with E-state index in [1.54, 1.807) is 18.0 Å². The van der Waals surface area contributed by atoms with E-state index < -0.39 is 5.60 Å². The highest BCUT2D eigenvalue weighted by Gasteiger charge is 2.29. The van der Waals surface area contributed by atoms with E-state index in [0.29, 0.717) is 0 Å². The molecule has 1 atom stereocenters. The van der Waals surface area contributed by atoms with Gasteiger partial charge < -0.3 is 20.5 Å². The summed E-state index contributed by atoms with van der Waals surface area (Å²) in [5, 5.41) is 20.6. The van der Waals surface area contributed by atoms with E-state index >= 15 is 0 Å². The lowest BCUT2D eigenvalue weighted by molar-refractivity contribution is 0.00713. The van der Waals surface area contributed by atoms with Gasteiger partial charge in [-0.05, 0) is 31.9 Å². The largest absolute Gasteiger partial charge is 0.494 e. The number of carbonyl (C=O) groups is 1. The van der Waals surface area contributed by atoms with Gasteiger partial charge in [0.25, 0.3) is 0 Å². The third kappa shape index (κ3) is 4.80. The predicted molar refractivity (Wildman–Crippen MR) is 103 cm³/mol. The van der Waals surface area contributed by atoms with Crippen LogP contribution in [0.2, 0.25) is 0 Å². The van der Waals surface area contributed by atoms with Crippen molar-refractivity contribution < 1.29 is 14.6 Å². The molecular weight excluding hydrogens is 344 g/mol. The fourth-order valence-electron chi connectivity index (χ4n) is 3.47. The van der Waals surface area contributed by atoms with Crippen LogP contribution in [-0.4, -0.2) is 40.2 Å². The number of ether oxygens (including phenoxy) is 1. The van der Waals surface area contributed by atoms with Crippen molar-refractivity contribution in [3.05, 3.63) is 42.2 Å². The van der Waals surface area contributed by atoms with Crippen LogP contribution in [-0.2, 0) is 0 Å². The fourth-order valence-corrected chi connectivity index (χ4v) is 3.47. The van der Waals surface area contributed by atoms with Gasteiger partial charge in [-0.2, -0.15) is 5.10 Å². The van der Waals surface area contributed by atoms with E-state index in [1.807, 2.05) is 37.4 Å². The van der Waals surface area contributed by atoms with Gasteiger partial charge in [0.2, 0.25) is 0 Å². The molecular formula is C20H28N4O3. The van der Waals surface area contributed by atoms with Gasteiger partial charge in [0.15, 0.2) is 0 Å². The molecule has 1 fully saturated rings. The number of nitrogens with one attached hydrogen (secondary N) is 2. The van der Waals surface area contributed by atoms with Crippen molar-refractivity contribution in [1.29, 1.82) is 0 Å². The van der Waals surface area contributed by atoms with Gasteiger partial charge in [-0.15, -0.1) is 0 Å². The highest BCUT2D eigenvalue weighted by molar-refractivity contribution is 5.74. The Bertz CT molecular complexity index is 768. The molecule has 1 aromatic heterocycles. The number of nitrogens with zero attached hydrogens (tertiary/aromatic N) is 2. The Hall–Kier alpha value is -2.54. The van der Waals surface area contributed by atoms with Crippen LogP contribution in [0.1, 0.15) is 50.6 Å². The van der Waals surface area contributed by atoms with Crippen molar-refractivity contribution in [2.75, 3.05) is 13.7 Å². The number of rotatable bonds is 6. The van der Waals surface area contributed by atoms with Gasteiger partial charge in [0.05, 0.1) is 24.9 Å². The maximum atomic E-state index is 12.2. The average Bonchev–Trinajstić information content (AvgIpc) is 3.17. The van der Waals surface area contributed by atoms with Crippen molar-refractivity contribution in [2.45, 2.75) is 50.7 Å². The Labute approximate surface area is 159 Å². The summed E-state index contributed by atoms with van der Waals surface area (Å²) in [6, 6.07) is 7.12. The molecule has 27 heavy (non-hydrogen) atoms. The second-order valence-electron chi connectivity index (χ2n) is 7.22. The summed E-state index contributed by atoms with van der Waals surface area (Å²) < 4.78 is 7.10. The smallest absolute Gasteiger partial charge is 0.315 e. The molecule has 1 aliphatic carbocycles. The normalized spacial score (nSPS) is 17.1. The molecule has 0 bridgehead atoms. The first-order valence-corrected chi connectivity index (χ1v) is 9.45. The zero-order chi connectivity index (χ0) is 19.3. The van der Waals surface area contributed by atoms with Gasteiger partial charge >= 0.3 is 6.03 Å². The second kappa shape index (κ2) is 8.43. The molecule has 2 amide bonds. The van der Waals surface area contributed by atoms with Crippen molar-refractivity contribution >= 4 is 6.03 Å². The third-order valence-corrected chi connectivity index (χ3v) is 5.14. The standard InChI is InChI=1S/C20H28N4O3/c1-15(23-19(25)21-14-20(26)10-6-3-7-11-20)16-12-22-24(13-16)17-8-4-5-9-18(17)27-2/h4-5,8-9,12-13,15,26H,3,6-7,10-11,14H2,1-2H3,(H2,21,23,25). The molecule has 0 spiro atoms. The van der Waals surface area contributed by atoms with E-state index in [2.05, 4.69) is 15.7 Å². The summed E-state index contributed by atoms with van der Waals surface area (Å²) in [7, 11) is 1.62. The lowest BCUT2D eigenvalue weighted by atomic mass is 9.85. The molecule has 1 aliphatic rings. The van der Waals surface area contributed by atoms with Crippen LogP contribution in [0.15, 0.2) is 36.7 Å². The molecule has 7 heteroatoms. The molecule has 1 aromatic carbocycles. The van der Waals surface area contributed by atoms with E-state index in [-0.39, 0.29) is 18.6 Å². The van der Waals surface area contributed by atoms with E-state index in [1.165, 1.54) is 0 Å². The minimum absolute atomic E-state index is 0.213. The predicted octanol–water partition coefficient (Wildman–Crippen LogP) is 2.94. The van der Waals surface area contributed by atoms with Gasteiger partial charge in [-0.3, -0.25) is 0 Å². The molecule has 3 N–H and O–H groups in total. The Balaban J connectivity index is 1.57. The summed E-state index contributed by atoms with van der Waals surface area (Å²) in [5.74, 6) is 0.728. The van der Waals surface area contributed by atoms with Crippen LogP contribution in [0.3, 0.4) is 0 Å². The van der Waals surface area contributed by atoms with Crippen molar-refractivity contribution in [3.8, 4) is 11.4 Å². The maximum absolute atomic E-state index is 12.2. The van der Waals surface area contributed by atoms with Crippen molar-refractivity contribution in [3.63, 3.8) is 0 Å². The summed E-state index contributed by atoms with van der Waals surface area (Å²) in [6.07, 6.45) is 8.27. The number of aromatic nitrogens is 2. The van der Waals surface area contributed by atoms with Crippen LogP contribution in [0, 0.1) is 0 Å². The monoisotopic (exact) mass is 372 g/mol. The Morgan fingerprint density at radius 2 is 2.07 bits per heavy atom. The lowest BCUT2D eigenvalue weighted by Crippen LogP contribution is -2.47. The van der Waals surface area contributed by atoms with E-state index in [0.717, 1.165) is 49.1 Å². The SMILES string of the molecule is COc1ccccc1-n1cc(C(C)NC(=O)NCC2(O)CCCCC2)cn1. The molecule has 7 nitrogen and oxygen atoms in total. The van der Waals surface area contributed by atoms with E-state index in [4.69, 9.17) is 4.74 Å². The van der Waals surface area contributed by atoms with Crippen LogP contribution < -0.4 is 15.4 Å². The van der Waals surface area contributed by atoms with Crippen LogP contribution in [0.25, 0.3) is 5.69 Å².